The predicted molar refractivity (Wildman–Crippen MR) is 88.3 cm³/mol. The Bertz CT molecular complexity index is 399. The molecule has 0 bridgehead atoms. The maximum Gasteiger partial charge on any atom is 0.00983 e. The molecule has 3 unspecified atom stereocenters. The first-order chi connectivity index (χ1) is 9.76. The molecule has 0 aromatic heterocycles. The SMILES string of the molecule is CCCC(C)C(CC1CCCc2ccccc21)NCC. The molecule has 0 spiro atoms. The summed E-state index contributed by atoms with van der Waals surface area (Å²) in [6.45, 7) is 8.05. The number of nitrogens with one attached hydrogen (secondary N) is 1. The second-order valence-electron chi connectivity index (χ2n) is 6.45. The molecule has 0 saturated carbocycles. The van der Waals surface area contributed by atoms with Gasteiger partial charge in [-0.1, -0.05) is 51.5 Å². The van der Waals surface area contributed by atoms with Crippen LogP contribution < -0.4 is 5.32 Å². The Morgan fingerprint density at radius 3 is 2.80 bits per heavy atom. The second kappa shape index (κ2) is 7.83. The lowest BCUT2D eigenvalue weighted by molar-refractivity contribution is 0.312. The number of aryl methyl sites for hydroxylation is 1. The third kappa shape index (κ3) is 3.85. The highest BCUT2D eigenvalue weighted by molar-refractivity contribution is 5.32. The van der Waals surface area contributed by atoms with Crippen molar-refractivity contribution in [1.82, 2.24) is 5.32 Å². The molecule has 0 radical (unpaired) electrons. The van der Waals surface area contributed by atoms with Gasteiger partial charge in [-0.15, -0.1) is 0 Å². The summed E-state index contributed by atoms with van der Waals surface area (Å²) in [5.41, 5.74) is 3.23. The van der Waals surface area contributed by atoms with Crippen molar-refractivity contribution in [2.24, 2.45) is 5.92 Å². The Balaban J connectivity index is 2.07. The zero-order valence-electron chi connectivity index (χ0n) is 13.5. The van der Waals surface area contributed by atoms with Gasteiger partial charge in [-0.25, -0.2) is 0 Å². The zero-order valence-corrected chi connectivity index (χ0v) is 13.5. The van der Waals surface area contributed by atoms with Gasteiger partial charge in [-0.2, -0.15) is 0 Å². The molecule has 3 atom stereocenters. The Morgan fingerprint density at radius 2 is 2.05 bits per heavy atom. The third-order valence-corrected chi connectivity index (χ3v) is 4.93. The summed E-state index contributed by atoms with van der Waals surface area (Å²) in [6, 6.07) is 9.79. The van der Waals surface area contributed by atoms with E-state index in [0.29, 0.717) is 6.04 Å². The summed E-state index contributed by atoms with van der Waals surface area (Å²) >= 11 is 0. The van der Waals surface area contributed by atoms with E-state index in [1.807, 2.05) is 0 Å². The van der Waals surface area contributed by atoms with Crippen LogP contribution in [0.15, 0.2) is 24.3 Å². The molecule has 0 heterocycles. The first kappa shape index (κ1) is 15.6. The standard InChI is InChI=1S/C19H31N/c1-4-9-15(3)19(20-5-2)14-17-12-8-11-16-10-6-7-13-18(16)17/h6-7,10,13,15,17,19-20H,4-5,8-9,11-12,14H2,1-3H3. The van der Waals surface area contributed by atoms with Gasteiger partial charge in [-0.3, -0.25) is 0 Å². The van der Waals surface area contributed by atoms with Crippen LogP contribution in [0, 0.1) is 5.92 Å². The molecule has 0 fully saturated rings. The zero-order chi connectivity index (χ0) is 14.4. The largest absolute Gasteiger partial charge is 0.314 e. The van der Waals surface area contributed by atoms with Gasteiger partial charge in [0.05, 0.1) is 0 Å². The Labute approximate surface area is 125 Å². The van der Waals surface area contributed by atoms with E-state index in [4.69, 9.17) is 0 Å². The average Bonchev–Trinajstić information content (AvgIpc) is 2.47. The topological polar surface area (TPSA) is 12.0 Å². The third-order valence-electron chi connectivity index (χ3n) is 4.93. The summed E-state index contributed by atoms with van der Waals surface area (Å²) < 4.78 is 0. The Kier molecular flexibility index (Phi) is 6.09. The molecule has 1 aliphatic rings. The monoisotopic (exact) mass is 273 g/mol. The van der Waals surface area contributed by atoms with Gasteiger partial charge in [0.25, 0.3) is 0 Å². The van der Waals surface area contributed by atoms with Crippen molar-refractivity contribution >= 4 is 0 Å². The van der Waals surface area contributed by atoms with E-state index < -0.39 is 0 Å². The number of hydrogen-bond donors (Lipinski definition) is 1. The highest BCUT2D eigenvalue weighted by atomic mass is 14.9. The fraction of sp³-hybridized carbons (Fsp3) is 0.684. The van der Waals surface area contributed by atoms with Crippen LogP contribution in [0.2, 0.25) is 0 Å². The number of benzene rings is 1. The maximum absolute atomic E-state index is 3.75. The minimum atomic E-state index is 0.677. The summed E-state index contributed by atoms with van der Waals surface area (Å²) in [7, 11) is 0. The van der Waals surface area contributed by atoms with Gasteiger partial charge in [0.15, 0.2) is 0 Å². The molecule has 2 rings (SSSR count). The Hall–Kier alpha value is -0.820. The van der Waals surface area contributed by atoms with Gasteiger partial charge >= 0.3 is 0 Å². The van der Waals surface area contributed by atoms with Crippen molar-refractivity contribution in [1.29, 1.82) is 0 Å². The lowest BCUT2D eigenvalue weighted by Gasteiger charge is -2.32. The Morgan fingerprint density at radius 1 is 1.25 bits per heavy atom. The van der Waals surface area contributed by atoms with E-state index >= 15 is 0 Å². The van der Waals surface area contributed by atoms with Gasteiger partial charge in [-0.05, 0) is 61.6 Å². The van der Waals surface area contributed by atoms with E-state index in [-0.39, 0.29) is 0 Å². The smallest absolute Gasteiger partial charge is 0.00983 e. The number of hydrogen-bond acceptors (Lipinski definition) is 1. The summed E-state index contributed by atoms with van der Waals surface area (Å²) in [4.78, 5) is 0. The first-order valence-electron chi connectivity index (χ1n) is 8.57. The van der Waals surface area contributed by atoms with Crippen molar-refractivity contribution < 1.29 is 0 Å². The quantitative estimate of drug-likeness (QED) is 0.744. The molecule has 1 aromatic rings. The average molecular weight is 273 g/mol. The van der Waals surface area contributed by atoms with Crippen LogP contribution in [0.5, 0.6) is 0 Å². The van der Waals surface area contributed by atoms with Crippen LogP contribution >= 0.6 is 0 Å². The number of fused-ring (bicyclic) bond motifs is 1. The van der Waals surface area contributed by atoms with Crippen LogP contribution in [0.25, 0.3) is 0 Å². The second-order valence-corrected chi connectivity index (χ2v) is 6.45. The van der Waals surface area contributed by atoms with Gasteiger partial charge in [0.2, 0.25) is 0 Å². The molecule has 0 amide bonds. The molecule has 1 nitrogen and oxygen atoms in total. The molecular formula is C19H31N. The van der Waals surface area contributed by atoms with E-state index in [0.717, 1.165) is 18.4 Å². The van der Waals surface area contributed by atoms with E-state index in [1.54, 1.807) is 11.1 Å². The molecule has 1 N–H and O–H groups in total. The van der Waals surface area contributed by atoms with E-state index in [1.165, 1.54) is 38.5 Å². The molecule has 1 heteroatoms. The van der Waals surface area contributed by atoms with Crippen molar-refractivity contribution in [2.75, 3.05) is 6.54 Å². The molecule has 20 heavy (non-hydrogen) atoms. The van der Waals surface area contributed by atoms with Crippen molar-refractivity contribution in [3.8, 4) is 0 Å². The van der Waals surface area contributed by atoms with Crippen molar-refractivity contribution in [3.63, 3.8) is 0 Å². The highest BCUT2D eigenvalue weighted by Gasteiger charge is 2.25. The van der Waals surface area contributed by atoms with Crippen LogP contribution in [0.3, 0.4) is 0 Å². The van der Waals surface area contributed by atoms with Crippen LogP contribution in [0.4, 0.5) is 0 Å². The van der Waals surface area contributed by atoms with E-state index in [9.17, 15) is 0 Å². The van der Waals surface area contributed by atoms with Gasteiger partial charge in [0.1, 0.15) is 0 Å². The fourth-order valence-electron chi connectivity index (χ4n) is 3.84. The van der Waals surface area contributed by atoms with Crippen molar-refractivity contribution in [3.05, 3.63) is 35.4 Å². The maximum atomic E-state index is 3.75. The first-order valence-corrected chi connectivity index (χ1v) is 8.57. The molecule has 112 valence electrons. The minimum Gasteiger partial charge on any atom is -0.314 e. The van der Waals surface area contributed by atoms with E-state index in [2.05, 4.69) is 50.4 Å². The van der Waals surface area contributed by atoms with Crippen LogP contribution in [-0.4, -0.2) is 12.6 Å². The lowest BCUT2D eigenvalue weighted by Crippen LogP contribution is -2.36. The van der Waals surface area contributed by atoms with Crippen LogP contribution in [-0.2, 0) is 6.42 Å². The molecule has 1 aromatic carbocycles. The molecule has 1 aliphatic carbocycles. The summed E-state index contributed by atoms with van der Waals surface area (Å²) in [6.07, 6.45) is 7.96. The summed E-state index contributed by atoms with van der Waals surface area (Å²) in [5.74, 6) is 1.55. The fourth-order valence-corrected chi connectivity index (χ4v) is 3.84. The molecular weight excluding hydrogens is 242 g/mol. The summed E-state index contributed by atoms with van der Waals surface area (Å²) in [5, 5.41) is 3.75. The predicted octanol–water partition coefficient (Wildman–Crippen LogP) is 4.91. The lowest BCUT2D eigenvalue weighted by atomic mass is 9.77. The van der Waals surface area contributed by atoms with Gasteiger partial charge in [0, 0.05) is 6.04 Å². The molecule has 0 saturated heterocycles. The normalized spacial score (nSPS) is 21.2. The molecule has 0 aliphatic heterocycles. The minimum absolute atomic E-state index is 0.677. The highest BCUT2D eigenvalue weighted by Crippen LogP contribution is 2.36. The number of rotatable bonds is 7. The van der Waals surface area contributed by atoms with Crippen LogP contribution in [0.1, 0.15) is 69.9 Å². The van der Waals surface area contributed by atoms with Gasteiger partial charge < -0.3 is 5.32 Å². The van der Waals surface area contributed by atoms with Crippen molar-refractivity contribution in [2.45, 2.75) is 71.3 Å².